The maximum atomic E-state index is 10.2. The molecule has 5 N–H and O–H groups in total. The van der Waals surface area contributed by atoms with Crippen LogP contribution in [0.15, 0.2) is 6.07 Å². The van der Waals surface area contributed by atoms with Gasteiger partial charge in [-0.1, -0.05) is 0 Å². The first-order valence-electron chi connectivity index (χ1n) is 6.61. The van der Waals surface area contributed by atoms with Crippen molar-refractivity contribution in [2.45, 2.75) is 25.6 Å². The number of aromatic nitrogens is 2. The molecule has 1 unspecified atom stereocenters. The molecule has 1 aliphatic heterocycles. The molecule has 0 aliphatic carbocycles. The summed E-state index contributed by atoms with van der Waals surface area (Å²) in [5, 5.41) is 13.3. The zero-order valence-corrected chi connectivity index (χ0v) is 11.6. The first kappa shape index (κ1) is 14.9. The van der Waals surface area contributed by atoms with Gasteiger partial charge in [-0.2, -0.15) is 0 Å². The van der Waals surface area contributed by atoms with Gasteiger partial charge in [-0.25, -0.2) is 15.8 Å². The maximum Gasteiger partial charge on any atom is 0.158 e. The molecule has 1 fully saturated rings. The fourth-order valence-corrected chi connectivity index (χ4v) is 1.91. The number of hydrogen-bond donors (Lipinski definition) is 4. The van der Waals surface area contributed by atoms with Crippen molar-refractivity contribution in [1.82, 2.24) is 9.97 Å². The van der Waals surface area contributed by atoms with Crippen LogP contribution in [0.2, 0.25) is 0 Å². The number of hydrogen-bond acceptors (Lipinski definition) is 8. The molecule has 1 aromatic rings. The van der Waals surface area contributed by atoms with Gasteiger partial charge in [0.15, 0.2) is 5.82 Å². The van der Waals surface area contributed by atoms with Crippen molar-refractivity contribution in [3.05, 3.63) is 11.9 Å². The number of nitrogen functional groups attached to an aromatic ring is 1. The number of rotatable bonds is 7. The van der Waals surface area contributed by atoms with E-state index in [1.54, 1.807) is 6.07 Å². The predicted octanol–water partition coefficient (Wildman–Crippen LogP) is -0.138. The highest BCUT2D eigenvalue weighted by Gasteiger charge is 2.32. The van der Waals surface area contributed by atoms with E-state index in [4.69, 9.17) is 15.3 Å². The highest BCUT2D eigenvalue weighted by Crippen LogP contribution is 2.19. The summed E-state index contributed by atoms with van der Waals surface area (Å²) in [5.41, 5.74) is 1.64. The Balaban J connectivity index is 2.01. The summed E-state index contributed by atoms with van der Waals surface area (Å²) in [7, 11) is 0. The molecule has 112 valence electrons. The van der Waals surface area contributed by atoms with E-state index in [2.05, 4.69) is 20.7 Å². The normalized spacial score (nSPS) is 21.9. The fraction of sp³-hybridized carbons (Fsp3) is 0.667. The Hall–Kier alpha value is -1.48. The molecule has 8 heteroatoms. The first-order chi connectivity index (χ1) is 9.65. The zero-order valence-electron chi connectivity index (χ0n) is 11.6. The van der Waals surface area contributed by atoms with E-state index in [1.165, 1.54) is 0 Å². The number of ether oxygens (including phenoxy) is 2. The topological polar surface area (TPSA) is 115 Å². The third kappa shape index (κ3) is 4.01. The summed E-state index contributed by atoms with van der Waals surface area (Å²) in [5.74, 6) is 6.99. The lowest BCUT2D eigenvalue weighted by atomic mass is 10.0. The van der Waals surface area contributed by atoms with Crippen LogP contribution in [0, 0.1) is 0 Å². The molecule has 1 aromatic heterocycles. The monoisotopic (exact) mass is 283 g/mol. The van der Waals surface area contributed by atoms with Crippen LogP contribution in [-0.4, -0.2) is 47.0 Å². The van der Waals surface area contributed by atoms with Crippen LogP contribution in [0.3, 0.4) is 0 Å². The largest absolute Gasteiger partial charge is 0.386 e. The van der Waals surface area contributed by atoms with E-state index in [9.17, 15) is 5.11 Å². The minimum Gasteiger partial charge on any atom is -0.386 e. The smallest absolute Gasteiger partial charge is 0.158 e. The Morgan fingerprint density at radius 1 is 1.50 bits per heavy atom. The molecular formula is C12H21N5O3. The van der Waals surface area contributed by atoms with E-state index in [1.807, 2.05) is 6.92 Å². The van der Waals surface area contributed by atoms with E-state index in [-0.39, 0.29) is 0 Å². The van der Waals surface area contributed by atoms with Gasteiger partial charge in [-0.3, -0.25) is 0 Å². The molecule has 0 radical (unpaired) electrons. The molecule has 0 spiro atoms. The van der Waals surface area contributed by atoms with Crippen molar-refractivity contribution in [3.8, 4) is 0 Å². The quantitative estimate of drug-likeness (QED) is 0.404. The molecule has 2 rings (SSSR count). The van der Waals surface area contributed by atoms with E-state index >= 15 is 0 Å². The lowest BCUT2D eigenvalue weighted by Crippen LogP contribution is -2.37. The number of hydrazine groups is 1. The van der Waals surface area contributed by atoms with E-state index in [0.717, 1.165) is 0 Å². The minimum absolute atomic E-state index is 0.314. The minimum atomic E-state index is -0.846. The summed E-state index contributed by atoms with van der Waals surface area (Å²) in [6.07, 6.45) is 0.610. The number of nitrogens with one attached hydrogen (secondary N) is 2. The maximum absolute atomic E-state index is 10.2. The summed E-state index contributed by atoms with van der Waals surface area (Å²) in [6, 6.07) is 1.68. The molecule has 1 atom stereocenters. The summed E-state index contributed by atoms with van der Waals surface area (Å²) < 4.78 is 10.5. The molecule has 1 aliphatic rings. The molecule has 0 bridgehead atoms. The molecule has 2 heterocycles. The van der Waals surface area contributed by atoms with Crippen molar-refractivity contribution < 1.29 is 14.6 Å². The molecule has 8 nitrogen and oxygen atoms in total. The average Bonchev–Trinajstić information content (AvgIpc) is 2.90. The number of nitrogens with zero attached hydrogens (tertiary/aromatic N) is 2. The van der Waals surface area contributed by atoms with Gasteiger partial charge in [0, 0.05) is 32.2 Å². The van der Waals surface area contributed by atoms with Gasteiger partial charge in [0.25, 0.3) is 0 Å². The third-order valence-corrected chi connectivity index (χ3v) is 3.04. The van der Waals surface area contributed by atoms with Crippen molar-refractivity contribution in [2.75, 3.05) is 37.1 Å². The Morgan fingerprint density at radius 2 is 2.30 bits per heavy atom. The second-order valence-electron chi connectivity index (χ2n) is 4.72. The lowest BCUT2D eigenvalue weighted by molar-refractivity contribution is 0.0381. The first-order valence-corrected chi connectivity index (χ1v) is 6.61. The fourth-order valence-electron chi connectivity index (χ4n) is 1.91. The summed E-state index contributed by atoms with van der Waals surface area (Å²) >= 11 is 0. The summed E-state index contributed by atoms with van der Waals surface area (Å²) in [6.45, 7) is 4.07. The van der Waals surface area contributed by atoms with Gasteiger partial charge in [0.1, 0.15) is 23.8 Å². The van der Waals surface area contributed by atoms with Gasteiger partial charge < -0.3 is 25.3 Å². The average molecular weight is 283 g/mol. The van der Waals surface area contributed by atoms with Crippen molar-refractivity contribution >= 4 is 11.6 Å². The number of anilines is 2. The van der Waals surface area contributed by atoms with Crippen LogP contribution in [0.25, 0.3) is 0 Å². The van der Waals surface area contributed by atoms with E-state index < -0.39 is 5.60 Å². The zero-order chi connectivity index (χ0) is 14.4. The second-order valence-corrected chi connectivity index (χ2v) is 4.72. The van der Waals surface area contributed by atoms with Crippen LogP contribution >= 0.6 is 0 Å². The Morgan fingerprint density at radius 3 is 2.95 bits per heavy atom. The third-order valence-electron chi connectivity index (χ3n) is 3.04. The standard InChI is InChI=1S/C12H21N5O3/c1-2-19-6-11-15-9(5-10(16-11)17-13)14-7-12(18)3-4-20-8-12/h5,18H,2-4,6-8,13H2,1H3,(H2,14,15,16,17). The van der Waals surface area contributed by atoms with Crippen molar-refractivity contribution in [1.29, 1.82) is 0 Å². The molecule has 0 amide bonds. The van der Waals surface area contributed by atoms with Crippen LogP contribution in [0.5, 0.6) is 0 Å². The Kier molecular flexibility index (Phi) is 5.07. The van der Waals surface area contributed by atoms with E-state index in [0.29, 0.717) is 56.9 Å². The lowest BCUT2D eigenvalue weighted by Gasteiger charge is -2.21. The van der Waals surface area contributed by atoms with Gasteiger partial charge >= 0.3 is 0 Å². The molecule has 0 aromatic carbocycles. The molecular weight excluding hydrogens is 262 g/mol. The second kappa shape index (κ2) is 6.80. The Labute approximate surface area is 117 Å². The molecule has 1 saturated heterocycles. The van der Waals surface area contributed by atoms with Crippen LogP contribution in [0.1, 0.15) is 19.2 Å². The number of aliphatic hydroxyl groups is 1. The van der Waals surface area contributed by atoms with Gasteiger partial charge in [0.2, 0.25) is 0 Å². The number of nitrogens with two attached hydrogens (primary N) is 1. The van der Waals surface area contributed by atoms with Crippen molar-refractivity contribution in [3.63, 3.8) is 0 Å². The highest BCUT2D eigenvalue weighted by atomic mass is 16.5. The van der Waals surface area contributed by atoms with Gasteiger partial charge in [-0.05, 0) is 6.92 Å². The SMILES string of the molecule is CCOCc1nc(NN)cc(NCC2(O)CCOC2)n1. The predicted molar refractivity (Wildman–Crippen MR) is 74.0 cm³/mol. The molecule has 20 heavy (non-hydrogen) atoms. The van der Waals surface area contributed by atoms with Crippen LogP contribution in [-0.2, 0) is 16.1 Å². The van der Waals surface area contributed by atoms with Crippen LogP contribution in [0.4, 0.5) is 11.6 Å². The van der Waals surface area contributed by atoms with Crippen LogP contribution < -0.4 is 16.6 Å². The van der Waals surface area contributed by atoms with Gasteiger partial charge in [-0.15, -0.1) is 0 Å². The highest BCUT2D eigenvalue weighted by molar-refractivity contribution is 5.47. The van der Waals surface area contributed by atoms with Crippen molar-refractivity contribution in [2.24, 2.45) is 5.84 Å². The Bertz CT molecular complexity index is 437. The molecule has 0 saturated carbocycles. The summed E-state index contributed by atoms with van der Waals surface area (Å²) in [4.78, 5) is 8.50. The van der Waals surface area contributed by atoms with Gasteiger partial charge in [0.05, 0.1) is 6.61 Å².